The Kier molecular flexibility index (Phi) is 5.54. The standard InChI is InChI=1S/C20H20ClN3O4.ClH/c1-10-13-4-6-24(19(13)23-9-22-10)20-16(26)15(25)18(28-20)17-14-3-2-12(21)8-11(14)5-7-27-17;/h2-4,6,8-9,15-18,20,25-26H,5,7H2,1H3;1H/t15-,16+,17+,18-,20+;/m0./s1. The molecule has 4 heterocycles. The van der Waals surface area contributed by atoms with Crippen LogP contribution < -0.4 is 0 Å². The molecule has 1 aromatic carbocycles. The number of fused-ring (bicyclic) bond motifs is 2. The molecule has 29 heavy (non-hydrogen) atoms. The van der Waals surface area contributed by atoms with Crippen LogP contribution in [0, 0.1) is 6.92 Å². The summed E-state index contributed by atoms with van der Waals surface area (Å²) in [4.78, 5) is 8.52. The van der Waals surface area contributed by atoms with Crippen molar-refractivity contribution in [2.45, 2.75) is 44.0 Å². The SMILES string of the molecule is Cc1ncnc2c1ccn2[C@@H]1O[C@H]([C@@H]2OCCc3cc(Cl)ccc32)[C@@H](O)[C@H]1O.Cl. The van der Waals surface area contributed by atoms with Crippen LogP contribution in [0.4, 0.5) is 0 Å². The van der Waals surface area contributed by atoms with Crippen LogP contribution in [0.3, 0.4) is 0 Å². The number of nitrogens with zero attached hydrogens (tertiary/aromatic N) is 3. The molecule has 5 atom stereocenters. The van der Waals surface area contributed by atoms with Crippen LogP contribution in [0.15, 0.2) is 36.8 Å². The van der Waals surface area contributed by atoms with Crippen molar-refractivity contribution in [1.29, 1.82) is 0 Å². The first-order valence-corrected chi connectivity index (χ1v) is 9.62. The maximum absolute atomic E-state index is 10.8. The zero-order valence-corrected chi connectivity index (χ0v) is 17.2. The van der Waals surface area contributed by atoms with Gasteiger partial charge in [0.2, 0.25) is 0 Å². The summed E-state index contributed by atoms with van der Waals surface area (Å²) in [5.74, 6) is 0. The fraction of sp³-hybridized carbons (Fsp3) is 0.400. The van der Waals surface area contributed by atoms with Crippen molar-refractivity contribution in [3.05, 3.63) is 58.6 Å². The predicted molar refractivity (Wildman–Crippen MR) is 109 cm³/mol. The maximum Gasteiger partial charge on any atom is 0.164 e. The number of ether oxygens (including phenoxy) is 2. The highest BCUT2D eigenvalue weighted by atomic mass is 35.5. The lowest BCUT2D eigenvalue weighted by Gasteiger charge is -2.31. The summed E-state index contributed by atoms with van der Waals surface area (Å²) >= 11 is 6.12. The van der Waals surface area contributed by atoms with Crippen LogP contribution in [0.5, 0.6) is 0 Å². The number of aromatic nitrogens is 3. The number of aryl methyl sites for hydroxylation is 1. The van der Waals surface area contributed by atoms with E-state index in [0.29, 0.717) is 17.3 Å². The fourth-order valence-electron chi connectivity index (χ4n) is 4.19. The average Bonchev–Trinajstić information content (AvgIpc) is 3.24. The molecule has 154 valence electrons. The molecule has 7 nitrogen and oxygen atoms in total. The first kappa shape index (κ1) is 20.5. The normalized spacial score (nSPS) is 28.9. The molecule has 0 spiro atoms. The quantitative estimate of drug-likeness (QED) is 0.640. The van der Waals surface area contributed by atoms with Gasteiger partial charge in [0.15, 0.2) is 6.23 Å². The number of hydrogen-bond acceptors (Lipinski definition) is 6. The first-order chi connectivity index (χ1) is 13.5. The van der Waals surface area contributed by atoms with E-state index in [9.17, 15) is 10.2 Å². The lowest BCUT2D eigenvalue weighted by atomic mass is 9.92. The molecule has 5 rings (SSSR count). The molecule has 2 N–H and O–H groups in total. The number of benzene rings is 1. The summed E-state index contributed by atoms with van der Waals surface area (Å²) in [5.41, 5.74) is 3.51. The molecule has 0 saturated carbocycles. The summed E-state index contributed by atoms with van der Waals surface area (Å²) in [6.07, 6.45) is -0.144. The summed E-state index contributed by atoms with van der Waals surface area (Å²) in [6, 6.07) is 7.51. The van der Waals surface area contributed by atoms with Gasteiger partial charge in [-0.15, -0.1) is 12.4 Å². The Labute approximate surface area is 178 Å². The Morgan fingerprint density at radius 3 is 2.83 bits per heavy atom. The Hall–Kier alpha value is -1.74. The van der Waals surface area contributed by atoms with Crippen molar-refractivity contribution in [2.75, 3.05) is 6.61 Å². The number of aliphatic hydroxyl groups is 2. The van der Waals surface area contributed by atoms with Crippen LogP contribution in [0.1, 0.15) is 29.2 Å². The molecular weight excluding hydrogens is 417 g/mol. The number of halogens is 2. The van der Waals surface area contributed by atoms with Crippen LogP contribution in [-0.4, -0.2) is 49.7 Å². The van der Waals surface area contributed by atoms with E-state index in [4.69, 9.17) is 21.1 Å². The lowest BCUT2D eigenvalue weighted by Crippen LogP contribution is -2.37. The Morgan fingerprint density at radius 2 is 2.00 bits per heavy atom. The van der Waals surface area contributed by atoms with Crippen LogP contribution in [0.25, 0.3) is 11.0 Å². The topological polar surface area (TPSA) is 89.6 Å². The molecule has 0 amide bonds. The van der Waals surface area contributed by atoms with Gasteiger partial charge < -0.3 is 24.3 Å². The third kappa shape index (κ3) is 3.32. The minimum Gasteiger partial charge on any atom is -0.387 e. The highest BCUT2D eigenvalue weighted by Crippen LogP contribution is 2.41. The molecule has 1 fully saturated rings. The Bertz CT molecular complexity index is 1040. The number of aliphatic hydroxyl groups excluding tert-OH is 2. The molecule has 0 unspecified atom stereocenters. The van der Waals surface area contributed by atoms with E-state index in [1.165, 1.54) is 6.33 Å². The van der Waals surface area contributed by atoms with Gasteiger partial charge in [0.1, 0.15) is 36.4 Å². The van der Waals surface area contributed by atoms with Gasteiger partial charge in [-0.3, -0.25) is 0 Å². The molecule has 1 saturated heterocycles. The van der Waals surface area contributed by atoms with Gasteiger partial charge >= 0.3 is 0 Å². The molecule has 2 aliphatic rings. The Balaban J connectivity index is 0.00000205. The van der Waals surface area contributed by atoms with E-state index in [0.717, 1.165) is 28.6 Å². The number of hydrogen-bond donors (Lipinski definition) is 2. The van der Waals surface area contributed by atoms with Gasteiger partial charge in [-0.2, -0.15) is 0 Å². The second-order valence-electron chi connectivity index (χ2n) is 7.28. The third-order valence-corrected chi connectivity index (χ3v) is 5.87. The third-order valence-electron chi connectivity index (χ3n) is 5.64. The zero-order valence-electron chi connectivity index (χ0n) is 15.6. The van der Waals surface area contributed by atoms with Crippen molar-refractivity contribution < 1.29 is 19.7 Å². The first-order valence-electron chi connectivity index (χ1n) is 9.24. The van der Waals surface area contributed by atoms with Crippen molar-refractivity contribution >= 4 is 35.0 Å². The summed E-state index contributed by atoms with van der Waals surface area (Å²) in [6.45, 7) is 2.40. The lowest BCUT2D eigenvalue weighted by molar-refractivity contribution is -0.113. The summed E-state index contributed by atoms with van der Waals surface area (Å²) in [5, 5.41) is 23.0. The van der Waals surface area contributed by atoms with Crippen molar-refractivity contribution in [3.63, 3.8) is 0 Å². The summed E-state index contributed by atoms with van der Waals surface area (Å²) in [7, 11) is 0. The molecule has 0 bridgehead atoms. The van der Waals surface area contributed by atoms with Gasteiger partial charge in [-0.1, -0.05) is 17.7 Å². The second kappa shape index (κ2) is 7.83. The van der Waals surface area contributed by atoms with Crippen LogP contribution >= 0.6 is 24.0 Å². The van der Waals surface area contributed by atoms with E-state index in [1.54, 1.807) is 16.8 Å². The van der Waals surface area contributed by atoms with Gasteiger partial charge in [0.25, 0.3) is 0 Å². The predicted octanol–water partition coefficient (Wildman–Crippen LogP) is 2.75. The van der Waals surface area contributed by atoms with Gasteiger partial charge in [0, 0.05) is 16.6 Å². The molecule has 9 heteroatoms. The maximum atomic E-state index is 10.8. The zero-order chi connectivity index (χ0) is 19.4. The van der Waals surface area contributed by atoms with Gasteiger partial charge in [0.05, 0.1) is 12.3 Å². The summed E-state index contributed by atoms with van der Waals surface area (Å²) < 4.78 is 13.8. The van der Waals surface area contributed by atoms with E-state index in [1.807, 2.05) is 25.1 Å². The minimum atomic E-state index is -1.11. The van der Waals surface area contributed by atoms with Gasteiger partial charge in [-0.05, 0) is 42.7 Å². The Morgan fingerprint density at radius 1 is 1.17 bits per heavy atom. The van der Waals surface area contributed by atoms with E-state index < -0.39 is 30.6 Å². The highest BCUT2D eigenvalue weighted by molar-refractivity contribution is 6.30. The largest absolute Gasteiger partial charge is 0.387 e. The minimum absolute atomic E-state index is 0. The highest BCUT2D eigenvalue weighted by Gasteiger charge is 2.49. The van der Waals surface area contributed by atoms with E-state index in [-0.39, 0.29) is 12.4 Å². The number of rotatable bonds is 2. The van der Waals surface area contributed by atoms with Gasteiger partial charge in [-0.25, -0.2) is 9.97 Å². The van der Waals surface area contributed by atoms with Crippen molar-refractivity contribution in [3.8, 4) is 0 Å². The second-order valence-corrected chi connectivity index (χ2v) is 7.71. The van der Waals surface area contributed by atoms with Crippen molar-refractivity contribution in [1.82, 2.24) is 14.5 Å². The fourth-order valence-corrected chi connectivity index (χ4v) is 4.39. The van der Waals surface area contributed by atoms with Crippen molar-refractivity contribution in [2.24, 2.45) is 0 Å². The molecule has 0 aliphatic carbocycles. The van der Waals surface area contributed by atoms with Crippen LogP contribution in [0.2, 0.25) is 5.02 Å². The molecule has 2 aromatic heterocycles. The average molecular weight is 438 g/mol. The molecule has 3 aromatic rings. The van der Waals surface area contributed by atoms with Crippen LogP contribution in [-0.2, 0) is 15.9 Å². The smallest absolute Gasteiger partial charge is 0.164 e. The van der Waals surface area contributed by atoms with E-state index >= 15 is 0 Å². The monoisotopic (exact) mass is 437 g/mol. The molecule has 0 radical (unpaired) electrons. The molecule has 2 aliphatic heterocycles. The molecular formula is C20H21Cl2N3O4. The van der Waals surface area contributed by atoms with E-state index in [2.05, 4.69) is 9.97 Å².